The first kappa shape index (κ1) is 19.3. The summed E-state index contributed by atoms with van der Waals surface area (Å²) in [7, 11) is -1.70. The molecular weight excluding hydrogens is 356 g/mol. The molecule has 26 heavy (non-hydrogen) atoms. The lowest BCUT2D eigenvalue weighted by Crippen LogP contribution is -2.33. The number of hydrogen-bond acceptors (Lipinski definition) is 4. The number of rotatable bonds is 7. The fraction of sp³-hybridized carbons (Fsp3) is 0.167. The predicted molar refractivity (Wildman–Crippen MR) is 99.6 cm³/mol. The van der Waals surface area contributed by atoms with Crippen LogP contribution in [0, 0.1) is 0 Å². The van der Waals surface area contributed by atoms with Crippen LogP contribution in [0.25, 0.3) is 0 Å². The highest BCUT2D eigenvalue weighted by atomic mass is 32.2. The number of anilines is 2. The van der Waals surface area contributed by atoms with Crippen molar-refractivity contribution in [1.82, 2.24) is 0 Å². The molecule has 2 aromatic carbocycles. The second-order valence-electron chi connectivity index (χ2n) is 5.45. The maximum atomic E-state index is 12.2. The summed E-state index contributed by atoms with van der Waals surface area (Å²) in [6.07, 6.45) is 0. The standard InChI is InChI=1S/C18H18N2O5S/c1-12(17(22)20-14-5-3-2-4-6-14)26(25)11-16(21)19-15-9-7-13(8-10-15)18(23)24/h2-10,12H,11H2,1H3,(H,19,21)(H,20,22)(H,23,24). The van der Waals surface area contributed by atoms with E-state index in [1.807, 2.05) is 6.07 Å². The van der Waals surface area contributed by atoms with Crippen LogP contribution in [0.2, 0.25) is 0 Å². The number of carbonyl (C=O) groups is 3. The van der Waals surface area contributed by atoms with E-state index in [0.717, 1.165) is 0 Å². The van der Waals surface area contributed by atoms with Crippen molar-refractivity contribution >= 4 is 40.0 Å². The number of aromatic carboxylic acids is 1. The second-order valence-corrected chi connectivity index (χ2v) is 7.21. The Kier molecular flexibility index (Phi) is 6.62. The van der Waals surface area contributed by atoms with E-state index in [-0.39, 0.29) is 11.3 Å². The molecule has 0 aliphatic carbocycles. The number of hydrogen-bond donors (Lipinski definition) is 3. The molecule has 0 bridgehead atoms. The van der Waals surface area contributed by atoms with Gasteiger partial charge in [0.1, 0.15) is 11.0 Å². The van der Waals surface area contributed by atoms with Gasteiger partial charge in [0.05, 0.1) is 5.56 Å². The Morgan fingerprint density at radius 2 is 1.54 bits per heavy atom. The third kappa shape index (κ3) is 5.52. The van der Waals surface area contributed by atoms with Crippen molar-refractivity contribution in [2.75, 3.05) is 16.4 Å². The molecule has 0 saturated heterocycles. The van der Waals surface area contributed by atoms with Gasteiger partial charge in [0.25, 0.3) is 0 Å². The predicted octanol–water partition coefficient (Wildman–Crippen LogP) is 2.10. The van der Waals surface area contributed by atoms with E-state index in [2.05, 4.69) is 10.6 Å². The molecule has 7 nitrogen and oxygen atoms in total. The fourth-order valence-electron chi connectivity index (χ4n) is 2.03. The maximum absolute atomic E-state index is 12.2. The molecule has 2 amide bonds. The van der Waals surface area contributed by atoms with Crippen molar-refractivity contribution < 1.29 is 23.7 Å². The number of carboxylic acids is 1. The summed E-state index contributed by atoms with van der Waals surface area (Å²) in [5.74, 6) is -2.37. The van der Waals surface area contributed by atoms with E-state index in [1.165, 1.54) is 31.2 Å². The van der Waals surface area contributed by atoms with Gasteiger partial charge in [-0.05, 0) is 43.3 Å². The van der Waals surface area contributed by atoms with E-state index >= 15 is 0 Å². The van der Waals surface area contributed by atoms with Crippen molar-refractivity contribution in [3.63, 3.8) is 0 Å². The highest BCUT2D eigenvalue weighted by Gasteiger charge is 2.22. The number of carbonyl (C=O) groups excluding carboxylic acids is 2. The third-order valence-corrected chi connectivity index (χ3v) is 5.04. The van der Waals surface area contributed by atoms with Crippen LogP contribution in [-0.2, 0) is 20.4 Å². The molecule has 2 aromatic rings. The summed E-state index contributed by atoms with van der Waals surface area (Å²) in [4.78, 5) is 34.9. The summed E-state index contributed by atoms with van der Waals surface area (Å²) in [5, 5.41) is 13.1. The number of benzene rings is 2. The molecule has 3 N–H and O–H groups in total. The summed E-state index contributed by atoms with van der Waals surface area (Å²) in [6.45, 7) is 1.49. The average molecular weight is 374 g/mol. The van der Waals surface area contributed by atoms with Crippen molar-refractivity contribution in [1.29, 1.82) is 0 Å². The summed E-state index contributed by atoms with van der Waals surface area (Å²) in [6, 6.07) is 14.3. The lowest BCUT2D eigenvalue weighted by atomic mass is 10.2. The minimum Gasteiger partial charge on any atom is -0.478 e. The van der Waals surface area contributed by atoms with Crippen molar-refractivity contribution in [2.24, 2.45) is 0 Å². The van der Waals surface area contributed by atoms with Crippen LogP contribution in [0.3, 0.4) is 0 Å². The van der Waals surface area contributed by atoms with Gasteiger partial charge in [-0.3, -0.25) is 13.8 Å². The topological polar surface area (TPSA) is 113 Å². The Morgan fingerprint density at radius 1 is 0.962 bits per heavy atom. The quantitative estimate of drug-likeness (QED) is 0.687. The van der Waals surface area contributed by atoms with Crippen molar-refractivity contribution in [3.05, 3.63) is 60.2 Å². The zero-order chi connectivity index (χ0) is 19.1. The van der Waals surface area contributed by atoms with E-state index in [0.29, 0.717) is 11.4 Å². The number of para-hydroxylation sites is 1. The minimum absolute atomic E-state index is 0.0952. The van der Waals surface area contributed by atoms with E-state index < -0.39 is 33.8 Å². The van der Waals surface area contributed by atoms with E-state index in [9.17, 15) is 18.6 Å². The highest BCUT2D eigenvalue weighted by Crippen LogP contribution is 2.11. The molecule has 0 saturated carbocycles. The van der Waals surface area contributed by atoms with Crippen LogP contribution in [0.5, 0.6) is 0 Å². The normalized spacial score (nSPS) is 12.7. The molecule has 0 aliphatic heterocycles. The monoisotopic (exact) mass is 374 g/mol. The van der Waals surface area contributed by atoms with Gasteiger partial charge in [0.15, 0.2) is 0 Å². The van der Waals surface area contributed by atoms with Gasteiger partial charge in [0.2, 0.25) is 11.8 Å². The first-order valence-corrected chi connectivity index (χ1v) is 9.11. The van der Waals surface area contributed by atoms with Crippen LogP contribution in [0.15, 0.2) is 54.6 Å². The second kappa shape index (κ2) is 8.91. The molecular formula is C18H18N2O5S. The summed E-state index contributed by atoms with van der Waals surface area (Å²) in [5.41, 5.74) is 1.07. The number of amides is 2. The molecule has 0 spiro atoms. The number of carboxylic acid groups (broad SMARTS) is 1. The van der Waals surface area contributed by atoms with Crippen LogP contribution in [0.1, 0.15) is 17.3 Å². The minimum atomic E-state index is -1.70. The SMILES string of the molecule is CC(C(=O)Nc1ccccc1)S(=O)CC(=O)Nc1ccc(C(=O)O)cc1. The van der Waals surface area contributed by atoms with Crippen LogP contribution in [-0.4, -0.2) is 38.1 Å². The summed E-state index contributed by atoms with van der Waals surface area (Å²) >= 11 is 0. The van der Waals surface area contributed by atoms with Gasteiger partial charge in [-0.2, -0.15) is 0 Å². The Bertz CT molecular complexity index is 821. The zero-order valence-corrected chi connectivity index (χ0v) is 14.8. The molecule has 2 unspecified atom stereocenters. The number of nitrogens with one attached hydrogen (secondary N) is 2. The van der Waals surface area contributed by atoms with E-state index in [4.69, 9.17) is 5.11 Å². The van der Waals surface area contributed by atoms with Gasteiger partial charge in [-0.15, -0.1) is 0 Å². The molecule has 2 rings (SSSR count). The van der Waals surface area contributed by atoms with Gasteiger partial charge >= 0.3 is 5.97 Å². The highest BCUT2D eigenvalue weighted by molar-refractivity contribution is 7.87. The van der Waals surface area contributed by atoms with Gasteiger partial charge < -0.3 is 15.7 Å². The van der Waals surface area contributed by atoms with Gasteiger partial charge in [-0.1, -0.05) is 18.2 Å². The Balaban J connectivity index is 1.88. The third-order valence-electron chi connectivity index (χ3n) is 3.49. The lowest BCUT2D eigenvalue weighted by Gasteiger charge is -2.12. The molecule has 8 heteroatoms. The molecule has 0 aliphatic rings. The molecule has 0 fully saturated rings. The fourth-order valence-corrected chi connectivity index (χ4v) is 2.91. The van der Waals surface area contributed by atoms with Crippen LogP contribution >= 0.6 is 0 Å². The lowest BCUT2D eigenvalue weighted by molar-refractivity contribution is -0.115. The molecule has 136 valence electrons. The molecule has 2 atom stereocenters. The average Bonchev–Trinajstić information content (AvgIpc) is 2.62. The van der Waals surface area contributed by atoms with Crippen molar-refractivity contribution in [3.8, 4) is 0 Å². The van der Waals surface area contributed by atoms with E-state index in [1.54, 1.807) is 24.3 Å². The van der Waals surface area contributed by atoms with Gasteiger partial charge in [-0.25, -0.2) is 4.79 Å². The first-order valence-electron chi connectivity index (χ1n) is 7.73. The van der Waals surface area contributed by atoms with Crippen LogP contribution in [0.4, 0.5) is 11.4 Å². The Morgan fingerprint density at radius 3 is 2.12 bits per heavy atom. The Labute approximate surface area is 152 Å². The first-order chi connectivity index (χ1) is 12.4. The maximum Gasteiger partial charge on any atom is 0.335 e. The molecule has 0 aromatic heterocycles. The molecule has 0 heterocycles. The van der Waals surface area contributed by atoms with Crippen molar-refractivity contribution in [2.45, 2.75) is 12.2 Å². The smallest absolute Gasteiger partial charge is 0.335 e. The molecule has 0 radical (unpaired) electrons. The Hall–Kier alpha value is -3.00. The van der Waals surface area contributed by atoms with Crippen LogP contribution < -0.4 is 10.6 Å². The zero-order valence-electron chi connectivity index (χ0n) is 14.0. The largest absolute Gasteiger partial charge is 0.478 e. The summed E-state index contributed by atoms with van der Waals surface area (Å²) < 4.78 is 12.2. The van der Waals surface area contributed by atoms with Gasteiger partial charge in [0, 0.05) is 22.2 Å².